The zero-order valence-corrected chi connectivity index (χ0v) is 13.7. The molecule has 124 valence electrons. The minimum absolute atomic E-state index is 0.0339. The fourth-order valence-corrected chi connectivity index (χ4v) is 5.13. The van der Waals surface area contributed by atoms with E-state index in [1.165, 1.54) is 12.3 Å². The Hall–Kier alpha value is -1.50. The zero-order valence-electron chi connectivity index (χ0n) is 12.9. The van der Waals surface area contributed by atoms with Crippen molar-refractivity contribution in [3.8, 4) is 5.88 Å². The van der Waals surface area contributed by atoms with E-state index in [9.17, 15) is 9.18 Å². The van der Waals surface area contributed by atoms with Crippen LogP contribution in [0.15, 0.2) is 18.3 Å². The van der Waals surface area contributed by atoms with Crippen molar-refractivity contribution >= 4 is 17.8 Å². The molecule has 1 aromatic heterocycles. The highest BCUT2D eigenvalue weighted by molar-refractivity contribution is 8.01. The van der Waals surface area contributed by atoms with Gasteiger partial charge in [0, 0.05) is 44.5 Å². The van der Waals surface area contributed by atoms with E-state index in [2.05, 4.69) is 4.98 Å². The van der Waals surface area contributed by atoms with Crippen molar-refractivity contribution in [3.63, 3.8) is 0 Å². The first-order chi connectivity index (χ1) is 11.2. The summed E-state index contributed by atoms with van der Waals surface area (Å²) in [6, 6.07) is 3.09. The number of amides is 2. The summed E-state index contributed by atoms with van der Waals surface area (Å²) in [5, 5.41) is 0. The average molecular weight is 337 g/mol. The summed E-state index contributed by atoms with van der Waals surface area (Å²) in [6.07, 6.45) is 4.58. The second-order valence-electron chi connectivity index (χ2n) is 6.56. The molecular weight excluding hydrogens is 317 g/mol. The first kappa shape index (κ1) is 15.1. The van der Waals surface area contributed by atoms with Gasteiger partial charge < -0.3 is 14.5 Å². The van der Waals surface area contributed by atoms with E-state index in [0.29, 0.717) is 0 Å². The number of likely N-dealkylation sites (tertiary alicyclic amines) is 2. The molecule has 0 N–H and O–H groups in total. The van der Waals surface area contributed by atoms with E-state index < -0.39 is 5.82 Å². The molecule has 3 saturated heterocycles. The third-order valence-electron chi connectivity index (χ3n) is 4.78. The Kier molecular flexibility index (Phi) is 3.83. The predicted molar refractivity (Wildman–Crippen MR) is 86.2 cm³/mol. The van der Waals surface area contributed by atoms with Gasteiger partial charge in [-0.15, -0.1) is 11.8 Å². The summed E-state index contributed by atoms with van der Waals surface area (Å²) in [6.45, 7) is 3.33. The molecule has 4 heterocycles. The van der Waals surface area contributed by atoms with Crippen LogP contribution in [-0.2, 0) is 0 Å². The molecule has 3 aliphatic heterocycles. The zero-order chi connectivity index (χ0) is 15.9. The van der Waals surface area contributed by atoms with Crippen LogP contribution in [0.1, 0.15) is 19.3 Å². The third-order valence-corrected chi connectivity index (χ3v) is 6.36. The molecule has 0 saturated carbocycles. The molecule has 5 nitrogen and oxygen atoms in total. The standard InChI is InChI=1S/C16H20FN3O2S/c17-13-4-3-5-18-14(13)22-12-8-16(23-9-12)10-20(11-16)15(21)19-6-1-2-7-19/h3-5,12H,1-2,6-11H2. The van der Waals surface area contributed by atoms with Gasteiger partial charge in [0.2, 0.25) is 0 Å². The minimum Gasteiger partial charge on any atom is -0.471 e. The molecule has 1 aromatic rings. The maximum atomic E-state index is 13.6. The van der Waals surface area contributed by atoms with Crippen molar-refractivity contribution in [2.24, 2.45) is 0 Å². The predicted octanol–water partition coefficient (Wildman–Crippen LogP) is 2.38. The quantitative estimate of drug-likeness (QED) is 0.831. The van der Waals surface area contributed by atoms with E-state index in [0.717, 1.165) is 51.2 Å². The second kappa shape index (κ2) is 5.85. The van der Waals surface area contributed by atoms with Crippen LogP contribution in [-0.4, -0.2) is 63.6 Å². The molecule has 1 spiro atoms. The number of nitrogens with zero attached hydrogens (tertiary/aromatic N) is 3. The Bertz CT molecular complexity index is 603. The van der Waals surface area contributed by atoms with Gasteiger partial charge >= 0.3 is 6.03 Å². The van der Waals surface area contributed by atoms with Gasteiger partial charge in [0.1, 0.15) is 6.10 Å². The number of thioether (sulfide) groups is 1. The van der Waals surface area contributed by atoms with Gasteiger partial charge in [-0.1, -0.05) is 0 Å². The fraction of sp³-hybridized carbons (Fsp3) is 0.625. The Morgan fingerprint density at radius 2 is 2.13 bits per heavy atom. The third kappa shape index (κ3) is 2.86. The summed E-state index contributed by atoms with van der Waals surface area (Å²) in [5.74, 6) is 0.485. The van der Waals surface area contributed by atoms with Crippen LogP contribution in [0.25, 0.3) is 0 Å². The Labute approximate surface area is 139 Å². The molecule has 7 heteroatoms. The Morgan fingerprint density at radius 3 is 2.87 bits per heavy atom. The lowest BCUT2D eigenvalue weighted by Crippen LogP contribution is -2.63. The Morgan fingerprint density at radius 1 is 1.35 bits per heavy atom. The molecular formula is C16H20FN3O2S. The first-order valence-corrected chi connectivity index (χ1v) is 9.09. The van der Waals surface area contributed by atoms with Crippen molar-refractivity contribution in [2.75, 3.05) is 31.9 Å². The normalized spacial score (nSPS) is 25.7. The van der Waals surface area contributed by atoms with Gasteiger partial charge in [0.25, 0.3) is 5.88 Å². The SMILES string of the molecule is O=C(N1CCCC1)N1CC2(CC(Oc3ncccc3F)CS2)C1. The number of halogens is 1. The number of carbonyl (C=O) groups is 1. The fourth-order valence-electron chi connectivity index (χ4n) is 3.61. The highest BCUT2D eigenvalue weighted by atomic mass is 32.2. The van der Waals surface area contributed by atoms with E-state index in [4.69, 9.17) is 4.74 Å². The van der Waals surface area contributed by atoms with E-state index in [-0.39, 0.29) is 22.8 Å². The molecule has 1 unspecified atom stereocenters. The van der Waals surface area contributed by atoms with Crippen LogP contribution in [0.3, 0.4) is 0 Å². The van der Waals surface area contributed by atoms with Gasteiger partial charge in [-0.3, -0.25) is 0 Å². The van der Waals surface area contributed by atoms with Gasteiger partial charge in [-0.2, -0.15) is 0 Å². The van der Waals surface area contributed by atoms with E-state index in [1.54, 1.807) is 6.07 Å². The van der Waals surface area contributed by atoms with Crippen LogP contribution in [0.5, 0.6) is 5.88 Å². The summed E-state index contributed by atoms with van der Waals surface area (Å²) >= 11 is 1.84. The largest absolute Gasteiger partial charge is 0.471 e. The van der Waals surface area contributed by atoms with E-state index in [1.807, 2.05) is 21.6 Å². The van der Waals surface area contributed by atoms with Crippen molar-refractivity contribution < 1.29 is 13.9 Å². The number of rotatable bonds is 2. The average Bonchev–Trinajstić information content (AvgIpc) is 3.17. The van der Waals surface area contributed by atoms with Gasteiger partial charge in [0.15, 0.2) is 5.82 Å². The molecule has 1 atom stereocenters. The molecule has 0 aliphatic carbocycles. The maximum absolute atomic E-state index is 13.6. The van der Waals surface area contributed by atoms with Crippen molar-refractivity contribution in [1.29, 1.82) is 0 Å². The number of hydrogen-bond acceptors (Lipinski definition) is 4. The lowest BCUT2D eigenvalue weighted by molar-refractivity contribution is 0.0932. The number of hydrogen-bond donors (Lipinski definition) is 0. The number of aromatic nitrogens is 1. The first-order valence-electron chi connectivity index (χ1n) is 8.10. The second-order valence-corrected chi connectivity index (χ2v) is 8.05. The minimum atomic E-state index is -0.419. The van der Waals surface area contributed by atoms with Crippen molar-refractivity contribution in [1.82, 2.24) is 14.8 Å². The van der Waals surface area contributed by atoms with Gasteiger partial charge in [-0.25, -0.2) is 14.2 Å². The van der Waals surface area contributed by atoms with Crippen LogP contribution < -0.4 is 4.74 Å². The lowest BCUT2D eigenvalue weighted by atomic mass is 9.93. The lowest BCUT2D eigenvalue weighted by Gasteiger charge is -2.48. The van der Waals surface area contributed by atoms with Crippen molar-refractivity contribution in [2.45, 2.75) is 30.1 Å². The van der Waals surface area contributed by atoms with Crippen LogP contribution in [0.4, 0.5) is 9.18 Å². The molecule has 0 radical (unpaired) electrons. The molecule has 2 amide bonds. The molecule has 3 aliphatic rings. The van der Waals surface area contributed by atoms with Crippen LogP contribution >= 0.6 is 11.8 Å². The molecule has 0 aromatic carbocycles. The summed E-state index contributed by atoms with van der Waals surface area (Å²) in [7, 11) is 0. The highest BCUT2D eigenvalue weighted by Crippen LogP contribution is 2.46. The summed E-state index contributed by atoms with van der Waals surface area (Å²) in [4.78, 5) is 20.2. The van der Waals surface area contributed by atoms with Crippen LogP contribution in [0.2, 0.25) is 0 Å². The Balaban J connectivity index is 1.31. The van der Waals surface area contributed by atoms with Crippen molar-refractivity contribution in [3.05, 3.63) is 24.1 Å². The highest BCUT2D eigenvalue weighted by Gasteiger charge is 2.52. The van der Waals surface area contributed by atoms with Crippen LogP contribution in [0, 0.1) is 5.82 Å². The summed E-state index contributed by atoms with van der Waals surface area (Å²) in [5.41, 5.74) is 0. The number of urea groups is 1. The molecule has 23 heavy (non-hydrogen) atoms. The number of ether oxygens (including phenoxy) is 1. The number of carbonyl (C=O) groups excluding carboxylic acids is 1. The smallest absolute Gasteiger partial charge is 0.320 e. The van der Waals surface area contributed by atoms with E-state index >= 15 is 0 Å². The topological polar surface area (TPSA) is 45.7 Å². The van der Waals surface area contributed by atoms with Gasteiger partial charge in [0.05, 0.1) is 4.75 Å². The molecule has 3 fully saturated rings. The monoisotopic (exact) mass is 337 g/mol. The summed E-state index contributed by atoms with van der Waals surface area (Å²) < 4.78 is 19.4. The maximum Gasteiger partial charge on any atom is 0.320 e. The molecule has 4 rings (SSSR count). The number of pyridine rings is 1. The molecule has 0 bridgehead atoms. The van der Waals surface area contributed by atoms with Gasteiger partial charge in [-0.05, 0) is 25.0 Å².